The largest absolute Gasteiger partial charge is 0.497 e. The SMILES string of the molecule is COc1ccc(N(CC2CCN(C(=O)OC(C)(C)C)CC2)S(=O)(=O)c2ccc(F)cc2)c(-c2ccccc2)c1. The first-order chi connectivity index (χ1) is 18.5. The number of ether oxygens (including phenoxy) is 2. The number of hydrogen-bond acceptors (Lipinski definition) is 5. The molecular formula is C30H35FN2O5S. The van der Waals surface area contributed by atoms with Gasteiger partial charge in [-0.3, -0.25) is 4.31 Å². The Balaban J connectivity index is 1.69. The molecule has 1 heterocycles. The van der Waals surface area contributed by atoms with Crippen LogP contribution in [0.2, 0.25) is 0 Å². The molecule has 0 aliphatic carbocycles. The summed E-state index contributed by atoms with van der Waals surface area (Å²) in [5.41, 5.74) is 1.45. The maximum atomic E-state index is 14.1. The highest BCUT2D eigenvalue weighted by atomic mass is 32.2. The van der Waals surface area contributed by atoms with E-state index in [1.807, 2.05) is 57.2 Å². The lowest BCUT2D eigenvalue weighted by atomic mass is 9.96. The summed E-state index contributed by atoms with van der Waals surface area (Å²) < 4.78 is 54.2. The van der Waals surface area contributed by atoms with Crippen molar-refractivity contribution in [3.05, 3.63) is 78.6 Å². The third kappa shape index (κ3) is 6.89. The molecule has 0 radical (unpaired) electrons. The van der Waals surface area contributed by atoms with Gasteiger partial charge in [-0.05, 0) is 87.6 Å². The third-order valence-corrected chi connectivity index (χ3v) is 8.44. The molecule has 39 heavy (non-hydrogen) atoms. The second kappa shape index (κ2) is 11.7. The van der Waals surface area contributed by atoms with Crippen LogP contribution in [0.15, 0.2) is 77.7 Å². The van der Waals surface area contributed by atoms with Gasteiger partial charge in [-0.1, -0.05) is 30.3 Å². The number of methoxy groups -OCH3 is 1. The van der Waals surface area contributed by atoms with Crippen LogP contribution in [0.1, 0.15) is 33.6 Å². The summed E-state index contributed by atoms with van der Waals surface area (Å²) in [7, 11) is -2.49. The molecule has 0 aromatic heterocycles. The van der Waals surface area contributed by atoms with Crippen LogP contribution in [0, 0.1) is 11.7 Å². The molecule has 208 valence electrons. The third-order valence-electron chi connectivity index (χ3n) is 6.65. The second-order valence-electron chi connectivity index (χ2n) is 10.6. The molecule has 3 aromatic rings. The topological polar surface area (TPSA) is 76.2 Å². The Bertz CT molecular complexity index is 1380. The van der Waals surface area contributed by atoms with E-state index < -0.39 is 21.4 Å². The number of benzene rings is 3. The molecule has 0 bridgehead atoms. The quantitative estimate of drug-likeness (QED) is 0.341. The van der Waals surface area contributed by atoms with Crippen molar-refractivity contribution in [2.75, 3.05) is 31.0 Å². The van der Waals surface area contributed by atoms with E-state index in [9.17, 15) is 17.6 Å². The van der Waals surface area contributed by atoms with Crippen molar-refractivity contribution in [2.45, 2.75) is 44.1 Å². The van der Waals surface area contributed by atoms with Crippen LogP contribution in [0.4, 0.5) is 14.9 Å². The summed E-state index contributed by atoms with van der Waals surface area (Å²) in [5, 5.41) is 0. The molecule has 0 atom stereocenters. The zero-order chi connectivity index (χ0) is 28.2. The van der Waals surface area contributed by atoms with E-state index in [-0.39, 0.29) is 23.5 Å². The number of sulfonamides is 1. The number of nitrogens with zero attached hydrogens (tertiary/aromatic N) is 2. The Hall–Kier alpha value is -3.59. The first-order valence-corrected chi connectivity index (χ1v) is 14.4. The summed E-state index contributed by atoms with van der Waals surface area (Å²) in [4.78, 5) is 14.2. The minimum atomic E-state index is -4.05. The minimum Gasteiger partial charge on any atom is -0.497 e. The lowest BCUT2D eigenvalue weighted by Gasteiger charge is -2.36. The van der Waals surface area contributed by atoms with Gasteiger partial charge in [-0.15, -0.1) is 0 Å². The fourth-order valence-electron chi connectivity index (χ4n) is 4.63. The van der Waals surface area contributed by atoms with Crippen LogP contribution in [-0.4, -0.2) is 51.8 Å². The Morgan fingerprint density at radius 3 is 2.23 bits per heavy atom. The lowest BCUT2D eigenvalue weighted by molar-refractivity contribution is 0.0187. The fraction of sp³-hybridized carbons (Fsp3) is 0.367. The van der Waals surface area contributed by atoms with Gasteiger partial charge in [-0.2, -0.15) is 0 Å². The van der Waals surface area contributed by atoms with Crippen molar-refractivity contribution >= 4 is 21.8 Å². The van der Waals surface area contributed by atoms with E-state index in [2.05, 4.69) is 0 Å². The Labute approximate surface area is 230 Å². The van der Waals surface area contributed by atoms with Gasteiger partial charge in [0, 0.05) is 25.2 Å². The standard InChI is InChI=1S/C30H35FN2O5S/c1-30(2,3)38-29(34)32-18-16-22(17-19-32)21-33(39(35,36)26-13-10-24(31)11-14-26)28-15-12-25(37-4)20-27(28)23-8-6-5-7-9-23/h5-15,20,22H,16-19,21H2,1-4H3. The van der Waals surface area contributed by atoms with Crippen molar-refractivity contribution < 1.29 is 27.1 Å². The van der Waals surface area contributed by atoms with Gasteiger partial charge >= 0.3 is 6.09 Å². The fourth-order valence-corrected chi connectivity index (χ4v) is 6.19. The van der Waals surface area contributed by atoms with E-state index in [1.54, 1.807) is 24.1 Å². The zero-order valence-corrected chi connectivity index (χ0v) is 23.6. The van der Waals surface area contributed by atoms with Gasteiger partial charge in [0.15, 0.2) is 0 Å². The van der Waals surface area contributed by atoms with Gasteiger partial charge in [0.25, 0.3) is 10.0 Å². The zero-order valence-electron chi connectivity index (χ0n) is 22.8. The monoisotopic (exact) mass is 554 g/mol. The number of rotatable bonds is 7. The maximum absolute atomic E-state index is 14.1. The van der Waals surface area contributed by atoms with Gasteiger partial charge in [0.1, 0.15) is 17.2 Å². The summed E-state index contributed by atoms with van der Waals surface area (Å²) in [6.45, 7) is 6.63. The van der Waals surface area contributed by atoms with Crippen molar-refractivity contribution in [1.29, 1.82) is 0 Å². The molecule has 3 aromatic carbocycles. The van der Waals surface area contributed by atoms with Crippen LogP contribution < -0.4 is 9.04 Å². The average Bonchev–Trinajstić information content (AvgIpc) is 2.91. The molecule has 0 saturated carbocycles. The van der Waals surface area contributed by atoms with Crippen LogP contribution in [0.3, 0.4) is 0 Å². The Morgan fingerprint density at radius 2 is 1.64 bits per heavy atom. The number of amides is 1. The number of anilines is 1. The highest BCUT2D eigenvalue weighted by Crippen LogP contribution is 2.38. The summed E-state index contributed by atoms with van der Waals surface area (Å²) in [5.74, 6) is 0.0801. The molecule has 4 rings (SSSR count). The summed E-state index contributed by atoms with van der Waals surface area (Å²) >= 11 is 0. The van der Waals surface area contributed by atoms with Crippen LogP contribution in [0.5, 0.6) is 5.75 Å². The molecule has 9 heteroatoms. The van der Waals surface area contributed by atoms with Crippen LogP contribution in [-0.2, 0) is 14.8 Å². The average molecular weight is 555 g/mol. The Morgan fingerprint density at radius 1 is 1.00 bits per heavy atom. The van der Waals surface area contributed by atoms with Crippen molar-refractivity contribution in [3.8, 4) is 16.9 Å². The van der Waals surface area contributed by atoms with Gasteiger partial charge in [0.05, 0.1) is 17.7 Å². The number of carbonyl (C=O) groups excluding carboxylic acids is 1. The van der Waals surface area contributed by atoms with E-state index in [4.69, 9.17) is 9.47 Å². The molecule has 0 unspecified atom stereocenters. The predicted octanol–water partition coefficient (Wildman–Crippen LogP) is 6.34. The molecule has 1 aliphatic rings. The molecule has 0 N–H and O–H groups in total. The first-order valence-electron chi connectivity index (χ1n) is 13.0. The van der Waals surface area contributed by atoms with Gasteiger partial charge in [0.2, 0.25) is 0 Å². The smallest absolute Gasteiger partial charge is 0.410 e. The summed E-state index contributed by atoms with van der Waals surface area (Å²) in [6, 6.07) is 19.7. The van der Waals surface area contributed by atoms with E-state index in [1.165, 1.54) is 16.4 Å². The molecule has 1 amide bonds. The van der Waals surface area contributed by atoms with E-state index in [0.29, 0.717) is 42.9 Å². The van der Waals surface area contributed by atoms with Crippen LogP contribution in [0.25, 0.3) is 11.1 Å². The van der Waals surface area contributed by atoms with E-state index in [0.717, 1.165) is 17.7 Å². The first kappa shape index (κ1) is 28.4. The molecule has 1 fully saturated rings. The number of likely N-dealkylation sites (tertiary alicyclic amines) is 1. The number of halogens is 1. The summed E-state index contributed by atoms with van der Waals surface area (Å²) in [6.07, 6.45) is 0.870. The predicted molar refractivity (Wildman–Crippen MR) is 150 cm³/mol. The van der Waals surface area contributed by atoms with Crippen LogP contribution >= 0.6 is 0 Å². The number of hydrogen-bond donors (Lipinski definition) is 0. The van der Waals surface area contributed by atoms with Gasteiger partial charge in [-0.25, -0.2) is 17.6 Å². The van der Waals surface area contributed by atoms with Crippen molar-refractivity contribution in [3.63, 3.8) is 0 Å². The molecule has 1 aliphatic heterocycles. The molecular weight excluding hydrogens is 519 g/mol. The minimum absolute atomic E-state index is 0.00456. The second-order valence-corrected chi connectivity index (χ2v) is 12.5. The van der Waals surface area contributed by atoms with E-state index >= 15 is 0 Å². The molecule has 7 nitrogen and oxygen atoms in total. The normalized spacial score (nSPS) is 14.6. The Kier molecular flexibility index (Phi) is 8.49. The van der Waals surface area contributed by atoms with Crippen molar-refractivity contribution in [2.24, 2.45) is 5.92 Å². The van der Waals surface area contributed by atoms with Crippen molar-refractivity contribution in [1.82, 2.24) is 4.90 Å². The number of piperidine rings is 1. The highest BCUT2D eigenvalue weighted by molar-refractivity contribution is 7.92. The molecule has 1 saturated heterocycles. The van der Waals surface area contributed by atoms with Gasteiger partial charge < -0.3 is 14.4 Å². The lowest BCUT2D eigenvalue weighted by Crippen LogP contribution is -2.44. The number of carbonyl (C=O) groups is 1. The highest BCUT2D eigenvalue weighted by Gasteiger charge is 2.33. The maximum Gasteiger partial charge on any atom is 0.410 e. The molecule has 0 spiro atoms.